The lowest BCUT2D eigenvalue weighted by molar-refractivity contribution is -0.118. The van der Waals surface area contributed by atoms with E-state index < -0.39 is 0 Å². The minimum atomic E-state index is 0.189. The maximum atomic E-state index is 11.2. The third-order valence-corrected chi connectivity index (χ3v) is 6.14. The maximum absolute atomic E-state index is 11.2. The Hall–Kier alpha value is -1.53. The highest BCUT2D eigenvalue weighted by Crippen LogP contribution is 2.29. The van der Waals surface area contributed by atoms with Gasteiger partial charge in [0.15, 0.2) is 0 Å². The van der Waals surface area contributed by atoms with Crippen LogP contribution in [-0.4, -0.2) is 39.9 Å². The maximum Gasteiger partial charge on any atom is 0.297 e. The summed E-state index contributed by atoms with van der Waals surface area (Å²) in [6.07, 6.45) is 5.02. The number of hydrogen-bond acceptors (Lipinski definition) is 5. The fourth-order valence-corrected chi connectivity index (χ4v) is 4.52. The Morgan fingerprint density at radius 1 is 1.29 bits per heavy atom. The molecule has 154 valence electrons. The number of aryl methyl sites for hydroxylation is 1. The summed E-state index contributed by atoms with van der Waals surface area (Å²) in [7, 11) is 2.02. The third-order valence-electron chi connectivity index (χ3n) is 5.27. The smallest absolute Gasteiger partial charge is 0.297 e. The van der Waals surface area contributed by atoms with Gasteiger partial charge in [-0.1, -0.05) is 13.8 Å². The van der Waals surface area contributed by atoms with E-state index in [9.17, 15) is 4.79 Å². The van der Waals surface area contributed by atoms with Crippen LogP contribution in [0.3, 0.4) is 0 Å². The number of nitrogens with zero attached hydrogens (tertiary/aromatic N) is 2. The molecule has 3 rings (SSSR count). The van der Waals surface area contributed by atoms with Gasteiger partial charge in [0, 0.05) is 25.0 Å². The molecule has 0 aliphatic heterocycles. The van der Waals surface area contributed by atoms with E-state index in [1.807, 2.05) is 18.8 Å². The zero-order valence-corrected chi connectivity index (χ0v) is 18.3. The highest BCUT2D eigenvalue weighted by atomic mass is 32.2. The minimum absolute atomic E-state index is 0.189. The second kappa shape index (κ2) is 9.79. The largest absolute Gasteiger partial charge is 0.461 e. The molecular formula is C22H32N2O3S. The summed E-state index contributed by atoms with van der Waals surface area (Å²) in [5, 5.41) is 0. The summed E-state index contributed by atoms with van der Waals surface area (Å²) >= 11 is 1.84. The minimum Gasteiger partial charge on any atom is -0.461 e. The van der Waals surface area contributed by atoms with Crippen molar-refractivity contribution in [1.29, 1.82) is 0 Å². The number of aromatic nitrogens is 2. The topological polar surface area (TPSA) is 53.4 Å². The number of fused-ring (bicyclic) bond motifs is 1. The lowest BCUT2D eigenvalue weighted by Crippen LogP contribution is -2.30. The summed E-state index contributed by atoms with van der Waals surface area (Å²) in [6, 6.07) is 7.10. The molecule has 5 nitrogen and oxygen atoms in total. The van der Waals surface area contributed by atoms with Crippen molar-refractivity contribution in [3.05, 3.63) is 18.2 Å². The van der Waals surface area contributed by atoms with E-state index in [0.29, 0.717) is 25.0 Å². The van der Waals surface area contributed by atoms with Gasteiger partial charge in [-0.15, -0.1) is 11.8 Å². The number of Topliss-reactive ketones (excluding diaryl/α,β-unsaturated/α-hetero) is 1. The Kier molecular flexibility index (Phi) is 7.41. The molecule has 1 fully saturated rings. The lowest BCUT2D eigenvalue weighted by atomic mass is 9.95. The van der Waals surface area contributed by atoms with Crippen LogP contribution in [0, 0.1) is 5.92 Å². The molecule has 0 amide bonds. The van der Waals surface area contributed by atoms with Crippen molar-refractivity contribution in [2.24, 2.45) is 13.0 Å². The van der Waals surface area contributed by atoms with Crippen molar-refractivity contribution in [3.63, 3.8) is 0 Å². The molecule has 1 aromatic heterocycles. The molecular weight excluding hydrogens is 372 g/mol. The Morgan fingerprint density at radius 2 is 2.00 bits per heavy atom. The molecule has 1 saturated carbocycles. The van der Waals surface area contributed by atoms with Gasteiger partial charge < -0.3 is 14.3 Å². The molecule has 28 heavy (non-hydrogen) atoms. The molecule has 0 bridgehead atoms. The zero-order valence-electron chi connectivity index (χ0n) is 17.4. The first-order chi connectivity index (χ1) is 13.5. The Labute approximate surface area is 172 Å². The van der Waals surface area contributed by atoms with Gasteiger partial charge in [-0.05, 0) is 62.5 Å². The summed E-state index contributed by atoms with van der Waals surface area (Å²) in [6.45, 7) is 6.55. The van der Waals surface area contributed by atoms with Crippen LogP contribution in [0.25, 0.3) is 11.0 Å². The van der Waals surface area contributed by atoms with Crippen molar-refractivity contribution in [3.8, 4) is 6.01 Å². The molecule has 1 heterocycles. The monoisotopic (exact) mass is 404 g/mol. The van der Waals surface area contributed by atoms with Crippen LogP contribution in [0.2, 0.25) is 0 Å². The molecule has 1 aromatic carbocycles. The fourth-order valence-electron chi connectivity index (χ4n) is 3.83. The molecule has 1 atom stereocenters. The molecule has 0 radical (unpaired) electrons. The van der Waals surface area contributed by atoms with Crippen molar-refractivity contribution >= 4 is 28.6 Å². The first kappa shape index (κ1) is 21.2. The predicted molar refractivity (Wildman–Crippen MR) is 114 cm³/mol. The first-order valence-electron chi connectivity index (χ1n) is 10.3. The van der Waals surface area contributed by atoms with E-state index in [4.69, 9.17) is 9.47 Å². The van der Waals surface area contributed by atoms with Crippen LogP contribution in [0.5, 0.6) is 6.01 Å². The number of carbonyl (C=O) groups is 1. The number of ketones is 1. The molecule has 0 spiro atoms. The van der Waals surface area contributed by atoms with Crippen LogP contribution in [-0.2, 0) is 16.6 Å². The second-order valence-corrected chi connectivity index (χ2v) is 9.24. The predicted octanol–water partition coefficient (Wildman–Crippen LogP) is 5.01. The Morgan fingerprint density at radius 3 is 2.68 bits per heavy atom. The lowest BCUT2D eigenvalue weighted by Gasteiger charge is -2.29. The summed E-state index contributed by atoms with van der Waals surface area (Å²) in [5.74, 6) is 1.59. The van der Waals surface area contributed by atoms with Crippen LogP contribution in [0.4, 0.5) is 0 Å². The van der Waals surface area contributed by atoms with Crippen molar-refractivity contribution in [1.82, 2.24) is 9.55 Å². The van der Waals surface area contributed by atoms with Gasteiger partial charge in [0.25, 0.3) is 6.01 Å². The molecule has 0 unspecified atom stereocenters. The zero-order chi connectivity index (χ0) is 20.1. The van der Waals surface area contributed by atoms with E-state index in [-0.39, 0.29) is 18.0 Å². The summed E-state index contributed by atoms with van der Waals surface area (Å²) in [5.41, 5.74) is 2.10. The number of ether oxygens (including phenoxy) is 2. The van der Waals surface area contributed by atoms with Crippen LogP contribution < -0.4 is 4.74 Å². The summed E-state index contributed by atoms with van der Waals surface area (Å²) < 4.78 is 14.3. The SMILES string of the molecule is CCSc1ccc2nc(OC3CCC(OC[C@H](C)CC(C)=O)CC3)n(C)c2c1. The highest BCUT2D eigenvalue weighted by Gasteiger charge is 2.25. The van der Waals surface area contributed by atoms with E-state index in [1.54, 1.807) is 6.92 Å². The molecule has 0 N–H and O–H groups in total. The second-order valence-electron chi connectivity index (χ2n) is 7.90. The van der Waals surface area contributed by atoms with E-state index in [2.05, 4.69) is 41.6 Å². The first-order valence-corrected chi connectivity index (χ1v) is 11.3. The Balaban J connectivity index is 1.52. The van der Waals surface area contributed by atoms with Gasteiger partial charge in [-0.2, -0.15) is 4.98 Å². The third kappa shape index (κ3) is 5.51. The van der Waals surface area contributed by atoms with Crippen molar-refractivity contribution in [2.45, 2.75) is 70.0 Å². The van der Waals surface area contributed by atoms with Crippen molar-refractivity contribution in [2.75, 3.05) is 12.4 Å². The number of hydrogen-bond donors (Lipinski definition) is 0. The number of imidazole rings is 1. The van der Waals surface area contributed by atoms with Gasteiger partial charge >= 0.3 is 0 Å². The van der Waals surface area contributed by atoms with E-state index in [1.165, 1.54) is 4.90 Å². The average molecular weight is 405 g/mol. The highest BCUT2D eigenvalue weighted by molar-refractivity contribution is 7.99. The number of rotatable bonds is 9. The van der Waals surface area contributed by atoms with Crippen molar-refractivity contribution < 1.29 is 14.3 Å². The van der Waals surface area contributed by atoms with E-state index in [0.717, 1.165) is 42.5 Å². The molecule has 6 heteroatoms. The quantitative estimate of drug-likeness (QED) is 0.550. The Bertz CT molecular complexity index is 796. The van der Waals surface area contributed by atoms with Gasteiger partial charge in [0.05, 0.1) is 17.1 Å². The standard InChI is InChI=1S/C22H32N2O3S/c1-5-28-19-10-11-20-21(13-19)24(4)22(23-20)27-18-8-6-17(7-9-18)26-14-15(2)12-16(3)25/h10-11,13,15,17-18H,5-9,12,14H2,1-4H3/t15-,17?,18?/m1/s1. The number of carbonyl (C=O) groups excluding carboxylic acids is 1. The fraction of sp³-hybridized carbons (Fsp3) is 0.636. The van der Waals surface area contributed by atoms with Crippen LogP contribution in [0.1, 0.15) is 52.9 Å². The normalized spacial score (nSPS) is 21.0. The number of benzene rings is 1. The molecule has 0 saturated heterocycles. The number of thioether (sulfide) groups is 1. The summed E-state index contributed by atoms with van der Waals surface area (Å²) in [4.78, 5) is 17.1. The molecule has 1 aliphatic carbocycles. The average Bonchev–Trinajstić information content (AvgIpc) is 2.96. The van der Waals surface area contributed by atoms with Crippen LogP contribution >= 0.6 is 11.8 Å². The molecule has 2 aromatic rings. The van der Waals surface area contributed by atoms with E-state index >= 15 is 0 Å². The van der Waals surface area contributed by atoms with Gasteiger partial charge in [0.2, 0.25) is 0 Å². The van der Waals surface area contributed by atoms with Gasteiger partial charge in [-0.3, -0.25) is 4.57 Å². The molecule has 1 aliphatic rings. The van der Waals surface area contributed by atoms with Crippen LogP contribution in [0.15, 0.2) is 23.1 Å². The van der Waals surface area contributed by atoms with Gasteiger partial charge in [0.1, 0.15) is 11.9 Å². The van der Waals surface area contributed by atoms with Gasteiger partial charge in [-0.25, -0.2) is 0 Å².